The Bertz CT molecular complexity index is 765. The number of piperazine rings is 1. The number of para-hydroxylation sites is 1. The third-order valence-electron chi connectivity index (χ3n) is 4.13. The SMILES string of the molecule is Cc1cn(-c2c(F)cccc2F)nc1C(=O)N1CCNC(C)(C)C1. The van der Waals surface area contributed by atoms with Gasteiger partial charge in [-0.15, -0.1) is 0 Å². The van der Waals surface area contributed by atoms with Crippen molar-refractivity contribution in [3.05, 3.63) is 47.3 Å². The van der Waals surface area contributed by atoms with E-state index >= 15 is 0 Å². The van der Waals surface area contributed by atoms with Crippen molar-refractivity contribution in [2.45, 2.75) is 26.3 Å². The van der Waals surface area contributed by atoms with Gasteiger partial charge in [-0.05, 0) is 32.9 Å². The molecule has 0 spiro atoms. The normalized spacial score (nSPS) is 17.1. The average Bonchev–Trinajstić information content (AvgIpc) is 2.87. The molecule has 2 aromatic rings. The van der Waals surface area contributed by atoms with Gasteiger partial charge < -0.3 is 10.2 Å². The van der Waals surface area contributed by atoms with Gasteiger partial charge in [0.2, 0.25) is 0 Å². The predicted octanol–water partition coefficient (Wildman–Crippen LogP) is 2.28. The number of rotatable bonds is 2. The maximum Gasteiger partial charge on any atom is 0.274 e. The van der Waals surface area contributed by atoms with Gasteiger partial charge in [0.25, 0.3) is 5.91 Å². The van der Waals surface area contributed by atoms with E-state index in [-0.39, 0.29) is 22.8 Å². The van der Waals surface area contributed by atoms with Gasteiger partial charge in [0.1, 0.15) is 5.69 Å². The molecule has 1 aliphatic heterocycles. The van der Waals surface area contributed by atoms with Gasteiger partial charge in [-0.25, -0.2) is 13.5 Å². The third-order valence-corrected chi connectivity index (χ3v) is 4.13. The van der Waals surface area contributed by atoms with Crippen LogP contribution in [0.1, 0.15) is 29.9 Å². The molecule has 0 saturated carbocycles. The molecule has 0 aliphatic carbocycles. The molecule has 0 unspecified atom stereocenters. The number of aromatic nitrogens is 2. The summed E-state index contributed by atoms with van der Waals surface area (Å²) in [5.74, 6) is -1.67. The van der Waals surface area contributed by atoms with Gasteiger partial charge in [-0.1, -0.05) is 6.07 Å². The van der Waals surface area contributed by atoms with Crippen LogP contribution in [0.5, 0.6) is 0 Å². The Morgan fingerprint density at radius 3 is 2.58 bits per heavy atom. The average molecular weight is 334 g/mol. The number of halogens is 2. The Balaban J connectivity index is 1.93. The van der Waals surface area contributed by atoms with E-state index in [4.69, 9.17) is 0 Å². The summed E-state index contributed by atoms with van der Waals surface area (Å²) in [6.07, 6.45) is 1.47. The van der Waals surface area contributed by atoms with Gasteiger partial charge in [-0.2, -0.15) is 5.10 Å². The fraction of sp³-hybridized carbons (Fsp3) is 0.412. The first-order valence-electron chi connectivity index (χ1n) is 7.83. The second-order valence-electron chi connectivity index (χ2n) is 6.71. The van der Waals surface area contributed by atoms with Crippen LogP contribution in [0.2, 0.25) is 0 Å². The summed E-state index contributed by atoms with van der Waals surface area (Å²) in [4.78, 5) is 14.5. The largest absolute Gasteiger partial charge is 0.334 e. The van der Waals surface area contributed by atoms with E-state index in [1.807, 2.05) is 13.8 Å². The topological polar surface area (TPSA) is 50.2 Å². The van der Waals surface area contributed by atoms with Gasteiger partial charge in [0.15, 0.2) is 17.3 Å². The third kappa shape index (κ3) is 3.03. The lowest BCUT2D eigenvalue weighted by molar-refractivity contribution is 0.0645. The number of amides is 1. The van der Waals surface area contributed by atoms with Crippen LogP contribution in [0.25, 0.3) is 5.69 Å². The fourth-order valence-electron chi connectivity index (χ4n) is 2.96. The lowest BCUT2D eigenvalue weighted by Gasteiger charge is -2.38. The van der Waals surface area contributed by atoms with Crippen molar-refractivity contribution in [1.82, 2.24) is 20.0 Å². The highest BCUT2D eigenvalue weighted by Gasteiger charge is 2.31. The highest BCUT2D eigenvalue weighted by molar-refractivity contribution is 5.93. The number of nitrogens with one attached hydrogen (secondary N) is 1. The number of carbonyl (C=O) groups is 1. The van der Waals surface area contributed by atoms with Gasteiger partial charge >= 0.3 is 0 Å². The number of carbonyl (C=O) groups excluding carboxylic acids is 1. The quantitative estimate of drug-likeness (QED) is 0.917. The van der Waals surface area contributed by atoms with Crippen LogP contribution in [0, 0.1) is 18.6 Å². The minimum Gasteiger partial charge on any atom is -0.334 e. The van der Waals surface area contributed by atoms with Crippen molar-refractivity contribution in [3.63, 3.8) is 0 Å². The molecule has 3 rings (SSSR count). The van der Waals surface area contributed by atoms with Crippen molar-refractivity contribution in [2.24, 2.45) is 0 Å². The molecule has 1 N–H and O–H groups in total. The molecule has 1 aliphatic rings. The zero-order valence-electron chi connectivity index (χ0n) is 13.9. The summed E-state index contributed by atoms with van der Waals surface area (Å²) in [5.41, 5.74) is 0.344. The van der Waals surface area contributed by atoms with E-state index in [1.54, 1.807) is 11.8 Å². The molecule has 128 valence electrons. The minimum atomic E-state index is -0.722. The molecular formula is C17H20F2N4O. The molecule has 1 saturated heterocycles. The van der Waals surface area contributed by atoms with Gasteiger partial charge in [0, 0.05) is 36.9 Å². The molecule has 1 fully saturated rings. The number of hydrogen-bond acceptors (Lipinski definition) is 3. The maximum absolute atomic E-state index is 13.9. The van der Waals surface area contributed by atoms with Crippen LogP contribution in [0.15, 0.2) is 24.4 Å². The number of nitrogens with zero attached hydrogens (tertiary/aromatic N) is 3. The second-order valence-corrected chi connectivity index (χ2v) is 6.71. The fourth-order valence-corrected chi connectivity index (χ4v) is 2.96. The first kappa shape index (κ1) is 16.6. The maximum atomic E-state index is 13.9. The van der Waals surface area contributed by atoms with Crippen molar-refractivity contribution in [3.8, 4) is 5.69 Å². The van der Waals surface area contributed by atoms with E-state index in [1.165, 1.54) is 12.3 Å². The molecule has 0 bridgehead atoms. The van der Waals surface area contributed by atoms with E-state index in [0.29, 0.717) is 25.2 Å². The van der Waals surface area contributed by atoms with Crippen LogP contribution in [0.4, 0.5) is 8.78 Å². The van der Waals surface area contributed by atoms with Gasteiger partial charge in [0.05, 0.1) is 0 Å². The Kier molecular flexibility index (Phi) is 4.13. The van der Waals surface area contributed by atoms with E-state index in [2.05, 4.69) is 10.4 Å². The number of hydrogen-bond donors (Lipinski definition) is 1. The molecule has 7 heteroatoms. The molecule has 0 atom stereocenters. The summed E-state index contributed by atoms with van der Waals surface area (Å²) in [6, 6.07) is 3.62. The summed E-state index contributed by atoms with van der Waals surface area (Å²) < 4.78 is 29.0. The second kappa shape index (κ2) is 5.98. The Morgan fingerprint density at radius 1 is 1.29 bits per heavy atom. The Hall–Kier alpha value is -2.28. The van der Waals surface area contributed by atoms with E-state index in [0.717, 1.165) is 16.8 Å². The molecule has 0 radical (unpaired) electrons. The van der Waals surface area contributed by atoms with Crippen LogP contribution in [0.3, 0.4) is 0 Å². The monoisotopic (exact) mass is 334 g/mol. The van der Waals surface area contributed by atoms with Crippen molar-refractivity contribution in [2.75, 3.05) is 19.6 Å². The molecular weight excluding hydrogens is 314 g/mol. The Labute approximate surface area is 139 Å². The summed E-state index contributed by atoms with van der Waals surface area (Å²) in [7, 11) is 0. The minimum absolute atomic E-state index is 0.179. The number of benzene rings is 1. The molecule has 5 nitrogen and oxygen atoms in total. The zero-order valence-corrected chi connectivity index (χ0v) is 13.9. The van der Waals surface area contributed by atoms with Crippen LogP contribution in [-0.2, 0) is 0 Å². The molecule has 24 heavy (non-hydrogen) atoms. The number of aryl methyl sites for hydroxylation is 1. The lowest BCUT2D eigenvalue weighted by atomic mass is 10.0. The summed E-state index contributed by atoms with van der Waals surface area (Å²) >= 11 is 0. The van der Waals surface area contributed by atoms with E-state index in [9.17, 15) is 13.6 Å². The zero-order chi connectivity index (χ0) is 17.5. The molecule has 1 amide bonds. The first-order valence-corrected chi connectivity index (χ1v) is 7.83. The Morgan fingerprint density at radius 2 is 1.96 bits per heavy atom. The van der Waals surface area contributed by atoms with Crippen LogP contribution in [-0.4, -0.2) is 45.8 Å². The highest BCUT2D eigenvalue weighted by atomic mass is 19.1. The van der Waals surface area contributed by atoms with Crippen molar-refractivity contribution >= 4 is 5.91 Å². The van der Waals surface area contributed by atoms with E-state index < -0.39 is 11.6 Å². The molecule has 2 heterocycles. The summed E-state index contributed by atoms with van der Waals surface area (Å²) in [5, 5.41) is 7.49. The van der Waals surface area contributed by atoms with Crippen molar-refractivity contribution in [1.29, 1.82) is 0 Å². The molecule has 1 aromatic carbocycles. The van der Waals surface area contributed by atoms with Crippen LogP contribution < -0.4 is 5.32 Å². The lowest BCUT2D eigenvalue weighted by Crippen LogP contribution is -2.58. The summed E-state index contributed by atoms with van der Waals surface area (Å²) in [6.45, 7) is 7.57. The molecule has 1 aromatic heterocycles. The van der Waals surface area contributed by atoms with Gasteiger partial charge in [-0.3, -0.25) is 4.79 Å². The first-order chi connectivity index (χ1) is 11.3. The standard InChI is InChI=1S/C17H20F2N4O/c1-11-9-23(15-12(18)5-4-6-13(15)19)21-14(11)16(24)22-8-7-20-17(2,3)10-22/h4-6,9,20H,7-8,10H2,1-3H3. The smallest absolute Gasteiger partial charge is 0.274 e. The van der Waals surface area contributed by atoms with Crippen molar-refractivity contribution < 1.29 is 13.6 Å². The van der Waals surface area contributed by atoms with Crippen LogP contribution >= 0.6 is 0 Å². The highest BCUT2D eigenvalue weighted by Crippen LogP contribution is 2.20. The predicted molar refractivity (Wildman–Crippen MR) is 86.2 cm³/mol.